The first-order valence-corrected chi connectivity index (χ1v) is 7.84. The van der Waals surface area contributed by atoms with E-state index in [9.17, 15) is 19.2 Å². The molecule has 23 heavy (non-hydrogen) atoms. The summed E-state index contributed by atoms with van der Waals surface area (Å²) in [6, 6.07) is 0. The number of hydrogen-bond acceptors (Lipinski definition) is 9. The molecule has 0 saturated carbocycles. The Morgan fingerprint density at radius 3 is 1.78 bits per heavy atom. The third kappa shape index (κ3) is 5.83. The van der Waals surface area contributed by atoms with E-state index >= 15 is 0 Å². The molecular weight excluding hydrogens is 328 g/mol. The van der Waals surface area contributed by atoms with Crippen molar-refractivity contribution in [2.45, 2.75) is 64.5 Å². The molecular formula is C14H20O8S. The Labute approximate surface area is 138 Å². The fraction of sp³-hybridized carbons (Fsp3) is 0.714. The number of esters is 3. The van der Waals surface area contributed by atoms with Gasteiger partial charge in [0.2, 0.25) is 12.4 Å². The maximum absolute atomic E-state index is 11.4. The highest BCUT2D eigenvalue weighted by atomic mass is 32.2. The summed E-state index contributed by atoms with van der Waals surface area (Å²) in [5.74, 6) is -1.88. The molecule has 1 aliphatic rings. The van der Waals surface area contributed by atoms with Crippen molar-refractivity contribution in [2.75, 3.05) is 0 Å². The van der Waals surface area contributed by atoms with E-state index in [-0.39, 0.29) is 5.12 Å². The summed E-state index contributed by atoms with van der Waals surface area (Å²) >= 11 is 0.988. The maximum Gasteiger partial charge on any atom is 0.305 e. The van der Waals surface area contributed by atoms with E-state index in [1.807, 2.05) is 0 Å². The van der Waals surface area contributed by atoms with E-state index < -0.39 is 47.8 Å². The second kappa shape index (κ2) is 8.30. The van der Waals surface area contributed by atoms with Crippen molar-refractivity contribution in [1.82, 2.24) is 0 Å². The molecule has 1 rings (SSSR count). The van der Waals surface area contributed by atoms with Gasteiger partial charge in [0.15, 0.2) is 11.2 Å². The van der Waals surface area contributed by atoms with Crippen molar-refractivity contribution < 1.29 is 38.1 Å². The van der Waals surface area contributed by atoms with Gasteiger partial charge in [0.05, 0.1) is 0 Å². The van der Waals surface area contributed by atoms with Crippen molar-refractivity contribution >= 4 is 34.8 Å². The zero-order valence-electron chi connectivity index (χ0n) is 13.6. The summed E-state index contributed by atoms with van der Waals surface area (Å²) in [6.45, 7) is 6.65. The van der Waals surface area contributed by atoms with Crippen LogP contribution in [0.3, 0.4) is 0 Å². The van der Waals surface area contributed by atoms with Crippen LogP contribution in [-0.4, -0.2) is 52.9 Å². The van der Waals surface area contributed by atoms with Crippen LogP contribution in [0.4, 0.5) is 0 Å². The zero-order chi connectivity index (χ0) is 17.7. The Bertz CT molecular complexity index is 491. The van der Waals surface area contributed by atoms with Crippen molar-refractivity contribution in [3.63, 3.8) is 0 Å². The number of carbonyl (C=O) groups excluding carboxylic acids is 4. The van der Waals surface area contributed by atoms with Gasteiger partial charge in [0, 0.05) is 32.9 Å². The van der Waals surface area contributed by atoms with Crippen molar-refractivity contribution in [3.05, 3.63) is 0 Å². The lowest BCUT2D eigenvalue weighted by Gasteiger charge is -2.25. The molecule has 0 N–H and O–H groups in total. The fourth-order valence-electron chi connectivity index (χ4n) is 2.26. The van der Waals surface area contributed by atoms with Crippen molar-refractivity contribution in [1.29, 1.82) is 0 Å². The third-order valence-corrected chi connectivity index (χ3v) is 3.88. The van der Waals surface area contributed by atoms with Crippen LogP contribution in [0.2, 0.25) is 0 Å². The van der Waals surface area contributed by atoms with Crippen LogP contribution in [0, 0.1) is 0 Å². The lowest BCUT2D eigenvalue weighted by Crippen LogP contribution is -2.43. The summed E-state index contributed by atoms with van der Waals surface area (Å²) in [6.07, 6.45) is -4.06. The number of carbonyl (C=O) groups is 4. The minimum Gasteiger partial charge on any atom is -0.455 e. The first-order valence-electron chi connectivity index (χ1n) is 6.96. The molecule has 8 nitrogen and oxygen atoms in total. The van der Waals surface area contributed by atoms with Crippen LogP contribution < -0.4 is 0 Å². The summed E-state index contributed by atoms with van der Waals surface area (Å²) in [4.78, 5) is 45.1. The van der Waals surface area contributed by atoms with Gasteiger partial charge in [-0.15, -0.1) is 0 Å². The van der Waals surface area contributed by atoms with Gasteiger partial charge < -0.3 is 18.9 Å². The van der Waals surface area contributed by atoms with Crippen molar-refractivity contribution in [3.8, 4) is 0 Å². The SMILES string of the molecule is CC(=O)OC1OC([C@H](C)SC(C)=O)[C@@H](OC(C)=O)[C@@H]1OC(C)=O. The molecule has 0 spiro atoms. The van der Waals surface area contributed by atoms with Gasteiger partial charge in [-0.05, 0) is 0 Å². The van der Waals surface area contributed by atoms with Crippen LogP contribution >= 0.6 is 11.8 Å². The molecule has 1 fully saturated rings. The van der Waals surface area contributed by atoms with Gasteiger partial charge >= 0.3 is 17.9 Å². The number of hydrogen-bond donors (Lipinski definition) is 0. The summed E-state index contributed by atoms with van der Waals surface area (Å²) in [5.41, 5.74) is 0. The first kappa shape index (κ1) is 19.4. The van der Waals surface area contributed by atoms with Gasteiger partial charge in [-0.25, -0.2) is 0 Å². The second-order valence-corrected chi connectivity index (χ2v) is 6.60. The molecule has 1 saturated heterocycles. The lowest BCUT2D eigenvalue weighted by molar-refractivity contribution is -0.195. The van der Waals surface area contributed by atoms with Crippen LogP contribution in [0.25, 0.3) is 0 Å². The average Bonchev–Trinajstić information content (AvgIpc) is 2.65. The number of thioether (sulfide) groups is 1. The minimum absolute atomic E-state index is 0.150. The molecule has 2 unspecified atom stereocenters. The van der Waals surface area contributed by atoms with E-state index in [4.69, 9.17) is 18.9 Å². The highest BCUT2D eigenvalue weighted by Crippen LogP contribution is 2.34. The van der Waals surface area contributed by atoms with E-state index in [0.29, 0.717) is 0 Å². The predicted octanol–water partition coefficient (Wildman–Crippen LogP) is 0.806. The van der Waals surface area contributed by atoms with Crippen LogP contribution in [0.5, 0.6) is 0 Å². The second-order valence-electron chi connectivity index (χ2n) is 5.04. The first-order chi connectivity index (χ1) is 10.6. The Kier molecular flexibility index (Phi) is 7.01. The molecule has 5 atom stereocenters. The van der Waals surface area contributed by atoms with Gasteiger partial charge in [-0.1, -0.05) is 18.7 Å². The molecule has 130 valence electrons. The monoisotopic (exact) mass is 348 g/mol. The summed E-state index contributed by atoms with van der Waals surface area (Å²) < 4.78 is 20.9. The molecule has 9 heteroatoms. The molecule has 0 bridgehead atoms. The van der Waals surface area contributed by atoms with Gasteiger partial charge in [-0.3, -0.25) is 19.2 Å². The number of ether oxygens (including phenoxy) is 4. The lowest BCUT2D eigenvalue weighted by atomic mass is 10.1. The van der Waals surface area contributed by atoms with Gasteiger partial charge in [-0.2, -0.15) is 0 Å². The third-order valence-electron chi connectivity index (χ3n) is 2.91. The Morgan fingerprint density at radius 1 is 0.870 bits per heavy atom. The highest BCUT2D eigenvalue weighted by Gasteiger charge is 2.53. The highest BCUT2D eigenvalue weighted by molar-refractivity contribution is 8.14. The van der Waals surface area contributed by atoms with Crippen molar-refractivity contribution in [2.24, 2.45) is 0 Å². The Balaban J connectivity index is 3.06. The van der Waals surface area contributed by atoms with Gasteiger partial charge in [0.1, 0.15) is 6.10 Å². The van der Waals surface area contributed by atoms with E-state index in [2.05, 4.69) is 0 Å². The smallest absolute Gasteiger partial charge is 0.305 e. The molecule has 0 radical (unpaired) electrons. The molecule has 1 aliphatic heterocycles. The molecule has 1 heterocycles. The molecule has 0 amide bonds. The maximum atomic E-state index is 11.4. The summed E-state index contributed by atoms with van der Waals surface area (Å²) in [7, 11) is 0. The van der Waals surface area contributed by atoms with E-state index in [0.717, 1.165) is 11.8 Å². The van der Waals surface area contributed by atoms with Crippen LogP contribution in [0.15, 0.2) is 0 Å². The zero-order valence-corrected chi connectivity index (χ0v) is 14.4. The molecule has 0 aromatic heterocycles. The van der Waals surface area contributed by atoms with Crippen LogP contribution in [0.1, 0.15) is 34.6 Å². The normalized spacial score (nSPS) is 27.9. The summed E-state index contributed by atoms with van der Waals surface area (Å²) in [5, 5.41) is -0.557. The largest absolute Gasteiger partial charge is 0.455 e. The molecule has 0 aromatic carbocycles. The topological polar surface area (TPSA) is 105 Å². The Morgan fingerprint density at radius 2 is 1.35 bits per heavy atom. The minimum atomic E-state index is -1.21. The van der Waals surface area contributed by atoms with Crippen LogP contribution in [-0.2, 0) is 38.1 Å². The van der Waals surface area contributed by atoms with Gasteiger partial charge in [0.25, 0.3) is 0 Å². The predicted molar refractivity (Wildman–Crippen MR) is 79.3 cm³/mol. The number of rotatable bonds is 5. The average molecular weight is 348 g/mol. The Hall–Kier alpha value is -1.61. The fourth-order valence-corrected chi connectivity index (χ4v) is 3.13. The molecule has 0 aromatic rings. The molecule has 0 aliphatic carbocycles. The van der Waals surface area contributed by atoms with E-state index in [1.54, 1.807) is 6.92 Å². The standard InChI is InChI=1S/C14H20O8S/c1-6(23-10(5)18)11-12(19-7(2)15)13(20-8(3)16)14(22-11)21-9(4)17/h6,11-14H,1-5H3/t6-,11?,12+,13-,14?/m0/s1. The van der Waals surface area contributed by atoms with E-state index in [1.165, 1.54) is 27.7 Å². The quantitative estimate of drug-likeness (QED) is 0.527.